The zero-order valence-electron chi connectivity index (χ0n) is 9.23. The number of aliphatic imine (C=N–C) groups is 1. The van der Waals surface area contributed by atoms with E-state index < -0.39 is 0 Å². The molecule has 0 aromatic rings. The number of hydrogen-bond acceptors (Lipinski definition) is 3. The monoisotopic (exact) mass is 191 g/mol. The molecule has 2 atom stereocenters. The summed E-state index contributed by atoms with van der Waals surface area (Å²) in [4.78, 5) is 4.73. The quantitative estimate of drug-likeness (QED) is 0.575. The van der Waals surface area contributed by atoms with Gasteiger partial charge >= 0.3 is 0 Å². The van der Waals surface area contributed by atoms with E-state index in [4.69, 9.17) is 4.99 Å². The lowest BCUT2D eigenvalue weighted by molar-refractivity contribution is 0.267. The van der Waals surface area contributed by atoms with Gasteiger partial charge in [0, 0.05) is 24.4 Å². The summed E-state index contributed by atoms with van der Waals surface area (Å²) in [5.41, 5.74) is 1.29. The van der Waals surface area contributed by atoms with E-state index in [2.05, 4.69) is 38.0 Å². The number of hydrazone groups is 1. The molecule has 0 amide bonds. The number of nitrogens with zero attached hydrogens (tertiary/aromatic N) is 3. The molecular weight excluding hydrogens is 174 g/mol. The van der Waals surface area contributed by atoms with Crippen molar-refractivity contribution in [1.29, 1.82) is 0 Å². The van der Waals surface area contributed by atoms with Gasteiger partial charge in [0.05, 0.1) is 5.92 Å². The summed E-state index contributed by atoms with van der Waals surface area (Å²) in [5, 5.41) is 6.18. The Hall–Kier alpha value is -1.12. The van der Waals surface area contributed by atoms with Gasteiger partial charge in [-0.05, 0) is 6.08 Å². The minimum atomic E-state index is 0.130. The number of fused-ring (bicyclic) bond motifs is 1. The largest absolute Gasteiger partial charge is 0.275 e. The van der Waals surface area contributed by atoms with Crippen molar-refractivity contribution < 1.29 is 0 Å². The molecule has 0 saturated heterocycles. The number of rotatable bonds is 0. The Morgan fingerprint density at radius 3 is 2.71 bits per heavy atom. The molecule has 0 fully saturated rings. The molecule has 2 unspecified atom stereocenters. The van der Waals surface area contributed by atoms with Crippen molar-refractivity contribution in [1.82, 2.24) is 5.01 Å². The maximum atomic E-state index is 4.73. The maximum Gasteiger partial charge on any atom is 0.148 e. The van der Waals surface area contributed by atoms with Gasteiger partial charge in [-0.1, -0.05) is 26.8 Å². The van der Waals surface area contributed by atoms with Crippen LogP contribution in [0.5, 0.6) is 0 Å². The second-order valence-electron chi connectivity index (χ2n) is 4.95. The third-order valence-electron chi connectivity index (χ3n) is 2.66. The third-order valence-corrected chi connectivity index (χ3v) is 2.66. The molecule has 3 heteroatoms. The Bertz CT molecular complexity index is 320. The third kappa shape index (κ3) is 1.47. The van der Waals surface area contributed by atoms with E-state index in [0.717, 1.165) is 5.71 Å². The average molecular weight is 191 g/mol. The zero-order valence-corrected chi connectivity index (χ0v) is 9.23. The standard InChI is InChI=1S/C11H17N3/c1-11(2,3)9-6-5-8-7-12-14(4)10(8)13-9/h5-8,10H,1-4H3. The summed E-state index contributed by atoms with van der Waals surface area (Å²) in [6.07, 6.45) is 6.48. The number of dihydropyridines is 1. The minimum absolute atomic E-state index is 0.130. The molecule has 0 N–H and O–H groups in total. The Labute approximate surface area is 85.2 Å². The summed E-state index contributed by atoms with van der Waals surface area (Å²) in [6, 6.07) is 0. The van der Waals surface area contributed by atoms with Gasteiger partial charge in [0.25, 0.3) is 0 Å². The van der Waals surface area contributed by atoms with Gasteiger partial charge in [-0.15, -0.1) is 0 Å². The van der Waals surface area contributed by atoms with Gasteiger partial charge in [-0.3, -0.25) is 10.0 Å². The van der Waals surface area contributed by atoms with Gasteiger partial charge in [-0.2, -0.15) is 5.10 Å². The maximum absolute atomic E-state index is 4.73. The molecule has 2 heterocycles. The summed E-state index contributed by atoms with van der Waals surface area (Å²) in [6.45, 7) is 6.56. The smallest absolute Gasteiger partial charge is 0.148 e. The lowest BCUT2D eigenvalue weighted by atomic mass is 9.87. The van der Waals surface area contributed by atoms with E-state index in [1.54, 1.807) is 0 Å². The van der Waals surface area contributed by atoms with Crippen molar-refractivity contribution in [2.45, 2.75) is 26.9 Å². The second-order valence-corrected chi connectivity index (χ2v) is 4.95. The van der Waals surface area contributed by atoms with Crippen LogP contribution in [-0.4, -0.2) is 30.1 Å². The van der Waals surface area contributed by atoms with Crippen LogP contribution in [0.2, 0.25) is 0 Å². The highest BCUT2D eigenvalue weighted by Gasteiger charge is 2.31. The van der Waals surface area contributed by atoms with Crippen LogP contribution in [0.25, 0.3) is 0 Å². The minimum Gasteiger partial charge on any atom is -0.275 e. The van der Waals surface area contributed by atoms with E-state index in [9.17, 15) is 0 Å². The molecule has 0 aliphatic carbocycles. The van der Waals surface area contributed by atoms with Gasteiger partial charge in [0.1, 0.15) is 6.17 Å². The SMILES string of the molecule is CN1N=CC2C=CC(C(C)(C)C)=NC21. The van der Waals surface area contributed by atoms with Crippen LogP contribution in [-0.2, 0) is 0 Å². The highest BCUT2D eigenvalue weighted by atomic mass is 15.5. The van der Waals surface area contributed by atoms with Crippen molar-refractivity contribution in [2.24, 2.45) is 21.4 Å². The van der Waals surface area contributed by atoms with Crippen LogP contribution >= 0.6 is 0 Å². The molecule has 0 aromatic heterocycles. The van der Waals surface area contributed by atoms with E-state index in [1.807, 2.05) is 18.3 Å². The van der Waals surface area contributed by atoms with Gasteiger partial charge < -0.3 is 0 Å². The van der Waals surface area contributed by atoms with Gasteiger partial charge in [0.2, 0.25) is 0 Å². The first kappa shape index (κ1) is 9.44. The fraction of sp³-hybridized carbons (Fsp3) is 0.636. The fourth-order valence-electron chi connectivity index (χ4n) is 1.73. The van der Waals surface area contributed by atoms with Crippen molar-refractivity contribution in [3.8, 4) is 0 Å². The lowest BCUT2D eigenvalue weighted by Crippen LogP contribution is -2.33. The molecular formula is C11H17N3. The van der Waals surface area contributed by atoms with Crippen molar-refractivity contribution >= 4 is 11.9 Å². The first-order valence-electron chi connectivity index (χ1n) is 5.02. The molecule has 14 heavy (non-hydrogen) atoms. The Morgan fingerprint density at radius 2 is 2.07 bits per heavy atom. The molecule has 2 aliphatic heterocycles. The van der Waals surface area contributed by atoms with Crippen LogP contribution in [0.3, 0.4) is 0 Å². The predicted molar refractivity (Wildman–Crippen MR) is 59.6 cm³/mol. The molecule has 0 spiro atoms. The Kier molecular flexibility index (Phi) is 1.98. The first-order chi connectivity index (χ1) is 6.48. The average Bonchev–Trinajstić information content (AvgIpc) is 2.46. The molecule has 76 valence electrons. The van der Waals surface area contributed by atoms with E-state index in [-0.39, 0.29) is 11.6 Å². The summed E-state index contributed by atoms with van der Waals surface area (Å²) in [5.74, 6) is 0.367. The first-order valence-corrected chi connectivity index (χ1v) is 5.02. The molecule has 0 radical (unpaired) electrons. The molecule has 0 aromatic carbocycles. The Morgan fingerprint density at radius 1 is 1.36 bits per heavy atom. The Balaban J connectivity index is 2.26. The van der Waals surface area contributed by atoms with Crippen molar-refractivity contribution in [3.63, 3.8) is 0 Å². The molecule has 0 bridgehead atoms. The van der Waals surface area contributed by atoms with Crippen LogP contribution < -0.4 is 0 Å². The second kappa shape index (κ2) is 2.94. The van der Waals surface area contributed by atoms with Gasteiger partial charge in [0.15, 0.2) is 0 Å². The summed E-state index contributed by atoms with van der Waals surface area (Å²) in [7, 11) is 1.98. The lowest BCUT2D eigenvalue weighted by Gasteiger charge is -2.28. The van der Waals surface area contributed by atoms with Gasteiger partial charge in [-0.25, -0.2) is 0 Å². The van der Waals surface area contributed by atoms with E-state index >= 15 is 0 Å². The number of allylic oxidation sites excluding steroid dienone is 1. The number of hydrogen-bond donors (Lipinski definition) is 0. The van der Waals surface area contributed by atoms with E-state index in [0.29, 0.717) is 5.92 Å². The van der Waals surface area contributed by atoms with E-state index in [1.165, 1.54) is 0 Å². The van der Waals surface area contributed by atoms with Crippen molar-refractivity contribution in [3.05, 3.63) is 12.2 Å². The van der Waals surface area contributed by atoms with Crippen LogP contribution in [0.1, 0.15) is 20.8 Å². The molecule has 0 saturated carbocycles. The van der Waals surface area contributed by atoms with Crippen LogP contribution in [0, 0.1) is 11.3 Å². The summed E-state index contributed by atoms with van der Waals surface area (Å²) >= 11 is 0. The highest BCUT2D eigenvalue weighted by Crippen LogP contribution is 2.27. The topological polar surface area (TPSA) is 28.0 Å². The van der Waals surface area contributed by atoms with Crippen LogP contribution in [0.15, 0.2) is 22.2 Å². The highest BCUT2D eigenvalue weighted by molar-refractivity contribution is 6.00. The summed E-state index contributed by atoms with van der Waals surface area (Å²) < 4.78 is 0. The van der Waals surface area contributed by atoms with Crippen molar-refractivity contribution in [2.75, 3.05) is 7.05 Å². The zero-order chi connectivity index (χ0) is 10.3. The molecule has 2 rings (SSSR count). The predicted octanol–water partition coefficient (Wildman–Crippen LogP) is 1.92. The normalized spacial score (nSPS) is 30.6. The fourth-order valence-corrected chi connectivity index (χ4v) is 1.73. The molecule has 3 nitrogen and oxygen atoms in total. The molecule has 2 aliphatic rings. The van der Waals surface area contributed by atoms with Crippen LogP contribution in [0.4, 0.5) is 0 Å².